The van der Waals surface area contributed by atoms with Gasteiger partial charge in [0, 0.05) is 31.4 Å². The molecular weight excluding hydrogens is 460 g/mol. The number of esters is 1. The number of methoxy groups -OCH3 is 1. The van der Waals surface area contributed by atoms with Gasteiger partial charge < -0.3 is 24.1 Å². The average molecular weight is 499 g/mol. The molecule has 2 saturated heterocycles. The van der Waals surface area contributed by atoms with Crippen molar-refractivity contribution in [2.24, 2.45) is 34.5 Å². The summed E-state index contributed by atoms with van der Waals surface area (Å²) in [4.78, 5) is 26.1. The minimum Gasteiger partial charge on any atom is -0.458 e. The van der Waals surface area contributed by atoms with Gasteiger partial charge in [0.2, 0.25) is 0 Å². The highest BCUT2D eigenvalue weighted by Crippen LogP contribution is 2.77. The summed E-state index contributed by atoms with van der Waals surface area (Å²) in [6.45, 7) is 8.27. The second kappa shape index (κ2) is 6.90. The second-order valence-corrected chi connectivity index (χ2v) is 13.1. The van der Waals surface area contributed by atoms with Crippen LogP contribution in [-0.2, 0) is 28.5 Å². The Balaban J connectivity index is 1.31. The van der Waals surface area contributed by atoms with Gasteiger partial charge in [0.15, 0.2) is 11.6 Å². The zero-order valence-electron chi connectivity index (χ0n) is 22.0. The summed E-state index contributed by atoms with van der Waals surface area (Å²) < 4.78 is 25.3. The standard InChI is InChI=1S/C29H38O7/c1-15-11-21(35-24(31)16(15)2)20-14-34-29(33-5)13-19-17(18-8-10-27(20,32)26(18,29)4)12-23-28(36-23)9-6-7-22(30)25(19,28)3/h6-7,17-21,23,32H,8-14H2,1-5H3/t17-,18-,19-,20+,21+,23+,25-,26-,27-,28+,29-/m0/s1. The van der Waals surface area contributed by atoms with E-state index in [1.807, 2.05) is 13.0 Å². The Morgan fingerprint density at radius 1 is 1.14 bits per heavy atom. The number of carbonyl (C=O) groups is 2. The molecule has 0 bridgehead atoms. The fourth-order valence-corrected chi connectivity index (χ4v) is 10.2. The van der Waals surface area contributed by atoms with E-state index in [1.165, 1.54) is 0 Å². The van der Waals surface area contributed by atoms with Crippen molar-refractivity contribution < 1.29 is 33.6 Å². The summed E-state index contributed by atoms with van der Waals surface area (Å²) in [5, 5.41) is 12.7. The number of fused-ring (bicyclic) bond motifs is 3. The summed E-state index contributed by atoms with van der Waals surface area (Å²) in [5.41, 5.74) is -1.17. The molecule has 3 heterocycles. The third-order valence-electron chi connectivity index (χ3n) is 12.5. The molecule has 7 nitrogen and oxygen atoms in total. The molecule has 3 saturated carbocycles. The van der Waals surface area contributed by atoms with Crippen LogP contribution < -0.4 is 0 Å². The summed E-state index contributed by atoms with van der Waals surface area (Å²) in [5.74, 6) is -1.12. The van der Waals surface area contributed by atoms with Crippen LogP contribution in [0.4, 0.5) is 0 Å². The molecule has 0 aromatic rings. The molecule has 1 N–H and O–H groups in total. The van der Waals surface area contributed by atoms with Crippen molar-refractivity contribution in [2.75, 3.05) is 13.7 Å². The first-order chi connectivity index (χ1) is 17.0. The topological polar surface area (TPSA) is 94.6 Å². The van der Waals surface area contributed by atoms with Crippen molar-refractivity contribution in [1.29, 1.82) is 0 Å². The minimum atomic E-state index is -1.11. The number of ketones is 1. The lowest BCUT2D eigenvalue weighted by molar-refractivity contribution is -0.404. The van der Waals surface area contributed by atoms with Gasteiger partial charge in [0.1, 0.15) is 11.7 Å². The van der Waals surface area contributed by atoms with E-state index in [2.05, 4.69) is 13.8 Å². The molecule has 3 aliphatic heterocycles. The van der Waals surface area contributed by atoms with Gasteiger partial charge >= 0.3 is 5.97 Å². The fraction of sp³-hybridized carbons (Fsp3) is 0.793. The number of rotatable bonds is 2. The van der Waals surface area contributed by atoms with Gasteiger partial charge in [-0.3, -0.25) is 4.79 Å². The van der Waals surface area contributed by atoms with E-state index in [9.17, 15) is 14.7 Å². The molecule has 4 aliphatic carbocycles. The van der Waals surface area contributed by atoms with Crippen LogP contribution in [-0.4, -0.2) is 59.8 Å². The molecule has 1 spiro atoms. The van der Waals surface area contributed by atoms with Crippen molar-refractivity contribution in [3.8, 4) is 0 Å². The molecule has 7 aliphatic rings. The predicted octanol–water partition coefficient (Wildman–Crippen LogP) is 3.49. The molecule has 0 aromatic heterocycles. The van der Waals surface area contributed by atoms with Gasteiger partial charge in [0.05, 0.1) is 29.1 Å². The molecular formula is C29H38O7. The van der Waals surface area contributed by atoms with Crippen LogP contribution in [0.1, 0.15) is 66.2 Å². The van der Waals surface area contributed by atoms with Crippen molar-refractivity contribution in [3.05, 3.63) is 23.3 Å². The average Bonchev–Trinajstić information content (AvgIpc) is 3.47. The van der Waals surface area contributed by atoms with E-state index in [-0.39, 0.29) is 48.1 Å². The van der Waals surface area contributed by atoms with Gasteiger partial charge in [-0.15, -0.1) is 0 Å². The number of aliphatic hydroxyl groups is 1. The van der Waals surface area contributed by atoms with Gasteiger partial charge in [-0.25, -0.2) is 4.79 Å². The summed E-state index contributed by atoms with van der Waals surface area (Å²) >= 11 is 0. The number of carbonyl (C=O) groups excluding carboxylic acids is 2. The molecule has 0 aromatic carbocycles. The smallest absolute Gasteiger partial charge is 0.333 e. The minimum absolute atomic E-state index is 0.0472. The number of epoxide rings is 1. The van der Waals surface area contributed by atoms with Gasteiger partial charge in [-0.2, -0.15) is 0 Å². The monoisotopic (exact) mass is 498 g/mol. The Morgan fingerprint density at radius 2 is 1.92 bits per heavy atom. The number of hydrogen-bond donors (Lipinski definition) is 1. The number of ether oxygens (including phenoxy) is 4. The highest BCUT2D eigenvalue weighted by Gasteiger charge is 2.83. The first-order valence-electron chi connectivity index (χ1n) is 13.7. The third-order valence-corrected chi connectivity index (χ3v) is 12.5. The Hall–Kier alpha value is -1.54. The molecule has 0 amide bonds. The zero-order chi connectivity index (χ0) is 25.5. The number of hydrogen-bond acceptors (Lipinski definition) is 7. The van der Waals surface area contributed by atoms with Crippen LogP contribution >= 0.6 is 0 Å². The Kier molecular flexibility index (Phi) is 4.52. The number of cyclic esters (lactones) is 1. The Morgan fingerprint density at radius 3 is 2.64 bits per heavy atom. The van der Waals surface area contributed by atoms with E-state index in [1.54, 1.807) is 20.1 Å². The van der Waals surface area contributed by atoms with E-state index < -0.39 is 33.9 Å². The molecule has 36 heavy (non-hydrogen) atoms. The van der Waals surface area contributed by atoms with E-state index >= 15 is 0 Å². The second-order valence-electron chi connectivity index (χ2n) is 13.1. The van der Waals surface area contributed by atoms with Crippen LogP contribution in [0.15, 0.2) is 23.3 Å². The highest BCUT2D eigenvalue weighted by molar-refractivity contribution is 5.97. The molecule has 7 heteroatoms. The maximum Gasteiger partial charge on any atom is 0.333 e. The van der Waals surface area contributed by atoms with Crippen LogP contribution in [0.3, 0.4) is 0 Å². The van der Waals surface area contributed by atoms with E-state index in [4.69, 9.17) is 18.9 Å². The van der Waals surface area contributed by atoms with Crippen LogP contribution in [0.2, 0.25) is 0 Å². The first kappa shape index (κ1) is 23.6. The van der Waals surface area contributed by atoms with E-state index in [0.717, 1.165) is 24.8 Å². The number of allylic oxidation sites excluding steroid dienone is 1. The fourth-order valence-electron chi connectivity index (χ4n) is 10.2. The SMILES string of the molecule is CO[C@@]12C[C@H]3[C@@H](C[C@H]4O[C@]45CC=CC(=O)[C@]35C)[C@@H]3CC[C@](O)([C@@H]([C@H]4CC(C)=C(C)C(=O)O4)CO1)[C@]32C. The Bertz CT molecular complexity index is 1130. The molecule has 7 rings (SSSR count). The normalized spacial score (nSPS) is 56.9. The largest absolute Gasteiger partial charge is 0.458 e. The van der Waals surface area contributed by atoms with Crippen molar-refractivity contribution in [2.45, 2.75) is 95.4 Å². The third kappa shape index (κ3) is 2.33. The van der Waals surface area contributed by atoms with Crippen molar-refractivity contribution in [1.82, 2.24) is 0 Å². The maximum absolute atomic E-state index is 13.5. The first-order valence-corrected chi connectivity index (χ1v) is 13.7. The Labute approximate surface area is 212 Å². The quantitative estimate of drug-likeness (QED) is 0.460. The lowest BCUT2D eigenvalue weighted by Gasteiger charge is -2.68. The molecule has 11 atom stereocenters. The zero-order valence-corrected chi connectivity index (χ0v) is 22.0. The lowest BCUT2D eigenvalue weighted by Crippen LogP contribution is -2.76. The summed E-state index contributed by atoms with van der Waals surface area (Å²) in [6, 6.07) is 0. The van der Waals surface area contributed by atoms with Crippen molar-refractivity contribution in [3.63, 3.8) is 0 Å². The summed E-state index contributed by atoms with van der Waals surface area (Å²) in [7, 11) is 1.68. The van der Waals surface area contributed by atoms with Crippen LogP contribution in [0, 0.1) is 34.5 Å². The van der Waals surface area contributed by atoms with E-state index in [0.29, 0.717) is 24.8 Å². The van der Waals surface area contributed by atoms with Crippen LogP contribution in [0.5, 0.6) is 0 Å². The molecule has 196 valence electrons. The molecule has 5 fully saturated rings. The molecule has 0 unspecified atom stereocenters. The van der Waals surface area contributed by atoms with Crippen molar-refractivity contribution >= 4 is 11.8 Å². The van der Waals surface area contributed by atoms with Gasteiger partial charge in [0.25, 0.3) is 0 Å². The lowest BCUT2D eigenvalue weighted by atomic mass is 9.42. The maximum atomic E-state index is 13.5. The van der Waals surface area contributed by atoms with Gasteiger partial charge in [-0.1, -0.05) is 18.6 Å². The van der Waals surface area contributed by atoms with Crippen LogP contribution in [0.25, 0.3) is 0 Å². The molecule has 0 radical (unpaired) electrons. The highest BCUT2D eigenvalue weighted by atomic mass is 16.7. The van der Waals surface area contributed by atoms with Gasteiger partial charge in [-0.05, 0) is 70.3 Å². The summed E-state index contributed by atoms with van der Waals surface area (Å²) in [6.07, 6.45) is 7.65. The predicted molar refractivity (Wildman–Crippen MR) is 129 cm³/mol.